The van der Waals surface area contributed by atoms with Gasteiger partial charge in [-0.2, -0.15) is 5.21 Å². The van der Waals surface area contributed by atoms with Crippen molar-refractivity contribution in [3.8, 4) is 11.5 Å². The summed E-state index contributed by atoms with van der Waals surface area (Å²) in [7, 11) is 0. The van der Waals surface area contributed by atoms with Crippen molar-refractivity contribution in [1.82, 2.24) is 25.6 Å². The molecule has 2 heterocycles. The topological polar surface area (TPSA) is 85.8 Å². The summed E-state index contributed by atoms with van der Waals surface area (Å²) >= 11 is 0. The van der Waals surface area contributed by atoms with E-state index in [9.17, 15) is 0 Å². The fourth-order valence-corrected chi connectivity index (χ4v) is 2.80. The maximum Gasteiger partial charge on any atom is 0.174 e. The number of H-pyrrole nitrogens is 1. The van der Waals surface area contributed by atoms with Gasteiger partial charge in [0.05, 0.1) is 12.3 Å². The van der Waals surface area contributed by atoms with Crippen molar-refractivity contribution < 1.29 is 9.47 Å². The summed E-state index contributed by atoms with van der Waals surface area (Å²) in [4.78, 5) is 4.64. The maximum absolute atomic E-state index is 5.98. The van der Waals surface area contributed by atoms with E-state index in [-0.39, 0.29) is 0 Å². The van der Waals surface area contributed by atoms with Gasteiger partial charge in [0.2, 0.25) is 0 Å². The number of rotatable bonds is 8. The Morgan fingerprint density at radius 1 is 0.906 bits per heavy atom. The quantitative estimate of drug-likeness (QED) is 0.486. The number of nitrogens with zero attached hydrogens (tertiary/aromatic N) is 4. The van der Waals surface area contributed by atoms with Crippen molar-refractivity contribution in [1.29, 1.82) is 0 Å². The van der Waals surface area contributed by atoms with E-state index in [1.54, 1.807) is 0 Å². The van der Waals surface area contributed by atoms with E-state index >= 15 is 0 Å². The highest BCUT2D eigenvalue weighted by Crippen LogP contribution is 2.24. The van der Waals surface area contributed by atoms with Gasteiger partial charge in [-0.15, -0.1) is 10.2 Å². The number of aromatic amines is 1. The molecule has 0 saturated carbocycles. The Labute approximate surface area is 190 Å². The van der Waals surface area contributed by atoms with Crippen molar-refractivity contribution in [2.24, 2.45) is 0 Å². The SMILES string of the molecule is CC.Cc1ccccc(C)nc(COc2ccc(OCCCc3nn[nH]n3)c(C)c2)cc1. The van der Waals surface area contributed by atoms with Gasteiger partial charge in [0, 0.05) is 12.1 Å². The molecule has 2 aromatic heterocycles. The van der Waals surface area contributed by atoms with Gasteiger partial charge in [-0.3, -0.25) is 4.98 Å². The zero-order valence-electron chi connectivity index (χ0n) is 19.6. The Kier molecular flexibility index (Phi) is 10.6. The molecular weight excluding hydrogens is 402 g/mol. The van der Waals surface area contributed by atoms with Crippen LogP contribution in [0.25, 0.3) is 0 Å². The normalized spacial score (nSPS) is 9.91. The van der Waals surface area contributed by atoms with Crippen LogP contribution < -0.4 is 9.47 Å². The third-order valence-corrected chi connectivity index (χ3v) is 4.39. The Bertz CT molecular complexity index is 1000. The second-order valence-electron chi connectivity index (χ2n) is 7.04. The Morgan fingerprint density at radius 2 is 1.72 bits per heavy atom. The van der Waals surface area contributed by atoms with Gasteiger partial charge >= 0.3 is 0 Å². The maximum atomic E-state index is 5.98. The van der Waals surface area contributed by atoms with Gasteiger partial charge < -0.3 is 9.47 Å². The number of benzene rings is 1. The number of nitrogens with one attached hydrogen (secondary N) is 1. The van der Waals surface area contributed by atoms with Crippen LogP contribution in [0.4, 0.5) is 0 Å². The lowest BCUT2D eigenvalue weighted by Gasteiger charge is -2.11. The molecule has 0 aliphatic rings. The monoisotopic (exact) mass is 435 g/mol. The van der Waals surface area contributed by atoms with Crippen LogP contribution in [0.3, 0.4) is 0 Å². The highest BCUT2D eigenvalue weighted by Gasteiger charge is 2.04. The first-order valence-corrected chi connectivity index (χ1v) is 11.0. The molecule has 0 aliphatic heterocycles. The summed E-state index contributed by atoms with van der Waals surface area (Å²) in [6, 6.07) is 17.9. The van der Waals surface area contributed by atoms with Gasteiger partial charge in [0.25, 0.3) is 0 Å². The number of tetrazole rings is 1. The summed E-state index contributed by atoms with van der Waals surface area (Å²) in [5.41, 5.74) is 3.98. The van der Waals surface area contributed by atoms with Gasteiger partial charge in [-0.25, -0.2) is 0 Å². The van der Waals surface area contributed by atoms with Gasteiger partial charge in [-0.05, 0) is 63.1 Å². The van der Waals surface area contributed by atoms with Crippen molar-refractivity contribution >= 4 is 0 Å². The van der Waals surface area contributed by atoms with Crippen LogP contribution >= 0.6 is 0 Å². The second kappa shape index (κ2) is 13.7. The molecule has 0 atom stereocenters. The van der Waals surface area contributed by atoms with Crippen LogP contribution in [0.15, 0.2) is 54.6 Å². The lowest BCUT2D eigenvalue weighted by molar-refractivity contribution is 0.295. The van der Waals surface area contributed by atoms with Gasteiger partial charge in [0.15, 0.2) is 5.82 Å². The minimum atomic E-state index is 0.392. The third-order valence-electron chi connectivity index (χ3n) is 4.39. The number of aromatic nitrogens is 5. The van der Waals surface area contributed by atoms with E-state index in [0.717, 1.165) is 46.9 Å². The zero-order chi connectivity index (χ0) is 23.2. The molecule has 0 radical (unpaired) electrons. The van der Waals surface area contributed by atoms with E-state index in [2.05, 4.69) is 38.6 Å². The zero-order valence-corrected chi connectivity index (χ0v) is 19.6. The summed E-state index contributed by atoms with van der Waals surface area (Å²) in [5.74, 6) is 2.33. The van der Waals surface area contributed by atoms with E-state index in [1.807, 2.05) is 76.2 Å². The highest BCUT2D eigenvalue weighted by atomic mass is 16.5. The number of hydrogen-bond donors (Lipinski definition) is 1. The molecule has 32 heavy (non-hydrogen) atoms. The summed E-state index contributed by atoms with van der Waals surface area (Å²) < 4.78 is 11.8. The number of hydrogen-bond acceptors (Lipinski definition) is 6. The highest BCUT2D eigenvalue weighted by molar-refractivity contribution is 5.39. The van der Waals surface area contributed by atoms with E-state index in [1.165, 1.54) is 0 Å². The molecule has 0 aliphatic carbocycles. The van der Waals surface area contributed by atoms with Crippen molar-refractivity contribution in [2.45, 2.75) is 54.1 Å². The van der Waals surface area contributed by atoms with Crippen LogP contribution in [-0.2, 0) is 13.0 Å². The lowest BCUT2D eigenvalue weighted by atomic mass is 10.2. The summed E-state index contributed by atoms with van der Waals surface area (Å²) in [6.07, 6.45) is 1.55. The Balaban J connectivity index is 0.00000176. The largest absolute Gasteiger partial charge is 0.493 e. The summed E-state index contributed by atoms with van der Waals surface area (Å²) in [5, 5.41) is 13.9. The molecule has 0 amide bonds. The van der Waals surface area contributed by atoms with Crippen molar-refractivity contribution in [3.63, 3.8) is 0 Å². The van der Waals surface area contributed by atoms with E-state index in [0.29, 0.717) is 19.0 Å². The first-order valence-electron chi connectivity index (χ1n) is 11.0. The second-order valence-corrected chi connectivity index (χ2v) is 7.04. The molecular formula is C25H33N5O2. The molecule has 0 saturated heterocycles. The standard InChI is InChI=1S/C23H27N5O2.C2H6/c1-17-7-4-5-8-19(3)24-20(11-10-17)16-30-21-12-13-22(18(2)15-21)29-14-6-9-23-25-27-28-26-23;1-2/h4-5,7-8,10-13,15H,6,9,14,16H2,1-3H3,(H,25,26,27,28);1-2H3. The first kappa shape index (κ1) is 24.8. The van der Waals surface area contributed by atoms with Crippen LogP contribution in [-0.4, -0.2) is 32.2 Å². The number of aryl methyl sites for hydroxylation is 4. The van der Waals surface area contributed by atoms with Crippen LogP contribution in [0.1, 0.15) is 48.6 Å². The average molecular weight is 436 g/mol. The first-order chi connectivity index (χ1) is 15.6. The molecule has 0 bridgehead atoms. The van der Waals surface area contributed by atoms with Gasteiger partial charge in [-0.1, -0.05) is 48.9 Å². The van der Waals surface area contributed by atoms with E-state index in [4.69, 9.17) is 9.47 Å². The Hall–Kier alpha value is -3.48. The van der Waals surface area contributed by atoms with Crippen molar-refractivity contribution in [3.05, 3.63) is 82.9 Å². The molecule has 0 unspecified atom stereocenters. The average Bonchev–Trinajstić information content (AvgIpc) is 3.32. The van der Waals surface area contributed by atoms with Crippen molar-refractivity contribution in [2.75, 3.05) is 6.61 Å². The summed E-state index contributed by atoms with van der Waals surface area (Å²) in [6.45, 7) is 11.0. The minimum Gasteiger partial charge on any atom is -0.493 e. The van der Waals surface area contributed by atoms with Crippen LogP contribution in [0.2, 0.25) is 0 Å². The molecule has 7 nitrogen and oxygen atoms in total. The molecule has 3 aromatic rings. The molecule has 1 aromatic carbocycles. The molecule has 170 valence electrons. The molecule has 0 spiro atoms. The molecule has 7 heteroatoms. The number of ether oxygens (including phenoxy) is 2. The fraction of sp³-hybridized carbons (Fsp3) is 0.360. The minimum absolute atomic E-state index is 0.392. The fourth-order valence-electron chi connectivity index (χ4n) is 2.80. The molecule has 1 N–H and O–H groups in total. The Morgan fingerprint density at radius 3 is 2.47 bits per heavy atom. The van der Waals surface area contributed by atoms with Gasteiger partial charge in [0.1, 0.15) is 18.1 Å². The predicted molar refractivity (Wildman–Crippen MR) is 126 cm³/mol. The molecule has 0 fully saturated rings. The molecule has 3 rings (SSSR count). The smallest absolute Gasteiger partial charge is 0.174 e. The van der Waals surface area contributed by atoms with Crippen LogP contribution in [0, 0.1) is 20.8 Å². The van der Waals surface area contributed by atoms with Crippen LogP contribution in [0.5, 0.6) is 11.5 Å². The third kappa shape index (κ3) is 8.71. The van der Waals surface area contributed by atoms with E-state index < -0.39 is 0 Å². The lowest BCUT2D eigenvalue weighted by Crippen LogP contribution is -2.02. The predicted octanol–water partition coefficient (Wildman–Crippen LogP) is 5.26.